The second kappa shape index (κ2) is 4.36. The van der Waals surface area contributed by atoms with E-state index in [1.54, 1.807) is 0 Å². The van der Waals surface area contributed by atoms with Gasteiger partial charge in [0.05, 0.1) is 0 Å². The maximum absolute atomic E-state index is 11.6. The average molecular weight is 300 g/mol. The lowest BCUT2D eigenvalue weighted by Gasteiger charge is -2.32. The highest BCUT2D eigenvalue weighted by molar-refractivity contribution is 7.72. The maximum atomic E-state index is 11.6. The quantitative estimate of drug-likeness (QED) is 0.360. The molecule has 1 saturated heterocycles. The Morgan fingerprint density at radius 3 is 2.11 bits per heavy atom. The summed E-state index contributed by atoms with van der Waals surface area (Å²) in [6.45, 7) is 0.598. The van der Waals surface area contributed by atoms with Gasteiger partial charge in [0.15, 0.2) is 4.90 Å². The maximum Gasteiger partial charge on any atom is 0.343 e. The van der Waals surface area contributed by atoms with Crippen molar-refractivity contribution >= 4 is 15.2 Å². The monoisotopic (exact) mass is 300 g/mol. The summed E-state index contributed by atoms with van der Waals surface area (Å²) in [6, 6.07) is -0.620. The molecule has 7 N–H and O–H groups in total. The van der Waals surface area contributed by atoms with Gasteiger partial charge in [-0.3, -0.25) is 9.13 Å². The van der Waals surface area contributed by atoms with Crippen molar-refractivity contribution in [2.75, 3.05) is 6.54 Å². The van der Waals surface area contributed by atoms with Gasteiger partial charge in [-0.25, -0.2) is 0 Å². The zero-order valence-corrected chi connectivity index (χ0v) is 11.4. The van der Waals surface area contributed by atoms with E-state index in [0.717, 1.165) is 0 Å². The first-order chi connectivity index (χ1) is 8.08. The molecule has 0 aromatic rings. The van der Waals surface area contributed by atoms with Crippen LogP contribution in [-0.2, 0) is 9.13 Å². The number of hydrogen-bond donors (Lipinski definition) is 6. The largest absolute Gasteiger partial charge is 0.343 e. The molecule has 2 aliphatic rings. The summed E-state index contributed by atoms with van der Waals surface area (Å²) in [4.78, 5) is 35.3. The Morgan fingerprint density at radius 2 is 1.67 bits per heavy atom. The molecule has 1 heterocycles. The van der Waals surface area contributed by atoms with Crippen LogP contribution >= 0.6 is 15.2 Å². The molecule has 1 aliphatic carbocycles. The minimum atomic E-state index is -4.92. The lowest BCUT2D eigenvalue weighted by molar-refractivity contribution is 0.275. The lowest BCUT2D eigenvalue weighted by atomic mass is 9.89. The Kier molecular flexibility index (Phi) is 3.55. The first-order valence-corrected chi connectivity index (χ1v) is 8.91. The van der Waals surface area contributed by atoms with Crippen LogP contribution < -0.4 is 11.1 Å². The van der Waals surface area contributed by atoms with Gasteiger partial charge in [0.1, 0.15) is 0 Å². The zero-order chi connectivity index (χ0) is 13.8. The summed E-state index contributed by atoms with van der Waals surface area (Å²) >= 11 is 0. The van der Waals surface area contributed by atoms with Crippen LogP contribution in [0.4, 0.5) is 0 Å². The van der Waals surface area contributed by atoms with Crippen molar-refractivity contribution < 1.29 is 28.7 Å². The minimum Gasteiger partial charge on any atom is -0.327 e. The van der Waals surface area contributed by atoms with E-state index in [1.807, 2.05) is 0 Å². The molecule has 0 spiro atoms. The Hall–Kier alpha value is 0.220. The third kappa shape index (κ3) is 2.11. The van der Waals surface area contributed by atoms with Crippen LogP contribution in [0.5, 0.6) is 0 Å². The highest BCUT2D eigenvalue weighted by atomic mass is 31.2. The van der Waals surface area contributed by atoms with E-state index in [1.165, 1.54) is 0 Å². The molecular weight excluding hydrogens is 282 g/mol. The molecule has 106 valence electrons. The molecule has 0 aromatic carbocycles. The predicted molar refractivity (Wildman–Crippen MR) is 63.9 cm³/mol. The summed E-state index contributed by atoms with van der Waals surface area (Å²) in [5.74, 6) is -0.306. The Balaban J connectivity index is 2.42. The van der Waals surface area contributed by atoms with Gasteiger partial charge >= 0.3 is 15.2 Å². The van der Waals surface area contributed by atoms with Crippen LogP contribution in [0.25, 0.3) is 0 Å². The van der Waals surface area contributed by atoms with Crippen molar-refractivity contribution in [3.8, 4) is 0 Å². The van der Waals surface area contributed by atoms with Crippen LogP contribution in [0, 0.1) is 5.92 Å². The topological polar surface area (TPSA) is 153 Å². The number of nitrogens with two attached hydrogens (primary N) is 1. The fourth-order valence-corrected chi connectivity index (χ4v) is 6.20. The normalized spacial score (nSPS) is 36.4. The van der Waals surface area contributed by atoms with Crippen molar-refractivity contribution in [1.29, 1.82) is 0 Å². The molecule has 3 atom stereocenters. The van der Waals surface area contributed by atoms with Crippen molar-refractivity contribution in [3.05, 3.63) is 0 Å². The van der Waals surface area contributed by atoms with Gasteiger partial charge in [0, 0.05) is 12.1 Å². The molecular formula is C8H18N2O6P2. The van der Waals surface area contributed by atoms with Crippen LogP contribution in [-0.4, -0.2) is 43.1 Å². The van der Waals surface area contributed by atoms with Crippen LogP contribution in [0.1, 0.15) is 19.3 Å². The molecule has 1 aliphatic heterocycles. The smallest absolute Gasteiger partial charge is 0.327 e. The van der Waals surface area contributed by atoms with Gasteiger partial charge in [0.2, 0.25) is 0 Å². The molecule has 0 amide bonds. The average Bonchev–Trinajstić information content (AvgIpc) is 2.57. The number of nitrogens with one attached hydrogen (secondary N) is 1. The van der Waals surface area contributed by atoms with Crippen LogP contribution in [0.2, 0.25) is 0 Å². The minimum absolute atomic E-state index is 0.236. The molecule has 2 fully saturated rings. The number of rotatable bonds is 2. The fourth-order valence-electron chi connectivity index (χ4n) is 3.07. The molecule has 8 nitrogen and oxygen atoms in total. The molecule has 18 heavy (non-hydrogen) atoms. The first-order valence-electron chi connectivity index (χ1n) is 5.69. The van der Waals surface area contributed by atoms with Crippen molar-refractivity contribution in [2.24, 2.45) is 11.7 Å². The molecule has 10 heteroatoms. The summed E-state index contributed by atoms with van der Waals surface area (Å²) in [6.07, 6.45) is 0.167. The molecule has 0 bridgehead atoms. The van der Waals surface area contributed by atoms with E-state index in [2.05, 4.69) is 5.32 Å². The van der Waals surface area contributed by atoms with Crippen LogP contribution in [0.3, 0.4) is 0 Å². The Morgan fingerprint density at radius 1 is 1.11 bits per heavy atom. The second-order valence-electron chi connectivity index (χ2n) is 5.16. The number of piperidine rings is 1. The zero-order valence-electron chi connectivity index (χ0n) is 9.64. The Bertz CT molecular complexity index is 409. The van der Waals surface area contributed by atoms with Gasteiger partial charge in [-0.1, -0.05) is 0 Å². The fraction of sp³-hybridized carbons (Fsp3) is 1.00. The van der Waals surface area contributed by atoms with Crippen molar-refractivity contribution in [3.63, 3.8) is 0 Å². The second-order valence-corrected chi connectivity index (χ2v) is 9.40. The third-order valence-electron chi connectivity index (χ3n) is 4.14. The predicted octanol–water partition coefficient (Wildman–Crippen LogP) is -0.863. The molecule has 3 unspecified atom stereocenters. The van der Waals surface area contributed by atoms with Gasteiger partial charge < -0.3 is 30.6 Å². The first kappa shape index (κ1) is 14.6. The summed E-state index contributed by atoms with van der Waals surface area (Å²) in [5.41, 5.74) is 5.88. The van der Waals surface area contributed by atoms with E-state index in [4.69, 9.17) is 5.73 Å². The van der Waals surface area contributed by atoms with Gasteiger partial charge in [-0.2, -0.15) is 0 Å². The lowest BCUT2D eigenvalue weighted by Crippen LogP contribution is -2.49. The van der Waals surface area contributed by atoms with E-state index in [0.29, 0.717) is 13.0 Å². The van der Waals surface area contributed by atoms with Crippen molar-refractivity contribution in [2.45, 2.75) is 36.2 Å². The molecule has 0 aromatic heterocycles. The summed E-state index contributed by atoms with van der Waals surface area (Å²) in [5, 5.41) is 3.04. The number of fused-ring (bicyclic) bond motifs is 1. The summed E-state index contributed by atoms with van der Waals surface area (Å²) < 4.78 is 23.2. The molecule has 0 radical (unpaired) electrons. The van der Waals surface area contributed by atoms with E-state index in [9.17, 15) is 28.7 Å². The van der Waals surface area contributed by atoms with E-state index in [-0.39, 0.29) is 30.8 Å². The highest BCUT2D eigenvalue weighted by Crippen LogP contribution is 2.75. The van der Waals surface area contributed by atoms with E-state index >= 15 is 0 Å². The van der Waals surface area contributed by atoms with Gasteiger partial charge in [-0.05, 0) is 31.7 Å². The van der Waals surface area contributed by atoms with Crippen LogP contribution in [0.15, 0.2) is 0 Å². The van der Waals surface area contributed by atoms with Crippen molar-refractivity contribution in [1.82, 2.24) is 5.32 Å². The highest BCUT2D eigenvalue weighted by Gasteiger charge is 2.66. The SMILES string of the molecule is NC1CCNC2CC(P(=O)(O)O)(P(=O)(O)O)CC12. The Labute approximate surface area is 104 Å². The van der Waals surface area contributed by atoms with Gasteiger partial charge in [0.25, 0.3) is 0 Å². The summed E-state index contributed by atoms with van der Waals surface area (Å²) in [7, 11) is -9.85. The molecule has 2 rings (SSSR count). The molecule has 1 saturated carbocycles. The number of hydrogen-bond acceptors (Lipinski definition) is 4. The third-order valence-corrected chi connectivity index (χ3v) is 8.61. The standard InChI is InChI=1S/C8H18N2O6P2/c9-6-1-2-10-7-4-8(3-5(6)7,17(11,12)13)18(14,15)16/h5-7,10H,1-4,9H2,(H2,11,12,13)(H2,14,15,16). The van der Waals surface area contributed by atoms with Gasteiger partial charge in [-0.15, -0.1) is 0 Å². The van der Waals surface area contributed by atoms with E-state index < -0.39 is 20.1 Å².